The van der Waals surface area contributed by atoms with Crippen LogP contribution >= 0.6 is 0 Å². The van der Waals surface area contributed by atoms with E-state index in [2.05, 4.69) is 4.99 Å². The second-order valence-corrected chi connectivity index (χ2v) is 4.72. The van der Waals surface area contributed by atoms with E-state index in [9.17, 15) is 4.79 Å². The van der Waals surface area contributed by atoms with Crippen LogP contribution in [0.25, 0.3) is 0 Å². The van der Waals surface area contributed by atoms with E-state index in [-0.39, 0.29) is 18.7 Å². The molecule has 1 atom stereocenters. The predicted molar refractivity (Wildman–Crippen MR) is 79.4 cm³/mol. The first-order valence-electron chi connectivity index (χ1n) is 6.81. The van der Waals surface area contributed by atoms with E-state index in [1.54, 1.807) is 24.3 Å². The zero-order chi connectivity index (χ0) is 14.5. The van der Waals surface area contributed by atoms with Gasteiger partial charge in [0.2, 0.25) is 5.90 Å². The summed E-state index contributed by atoms with van der Waals surface area (Å²) in [5.74, 6) is 0.267. The lowest BCUT2D eigenvalue weighted by Crippen LogP contribution is -2.22. The van der Waals surface area contributed by atoms with Gasteiger partial charge >= 0.3 is 5.97 Å². The zero-order valence-electron chi connectivity index (χ0n) is 11.4. The van der Waals surface area contributed by atoms with Gasteiger partial charge < -0.3 is 9.47 Å². The molecule has 2 aromatic carbocycles. The Balaban J connectivity index is 1.52. The third kappa shape index (κ3) is 3.28. The summed E-state index contributed by atoms with van der Waals surface area (Å²) in [5, 5.41) is 0. The van der Waals surface area contributed by atoms with Crippen LogP contribution in [0.1, 0.15) is 15.9 Å². The zero-order valence-corrected chi connectivity index (χ0v) is 11.4. The van der Waals surface area contributed by atoms with Crippen molar-refractivity contribution in [1.29, 1.82) is 0 Å². The molecule has 0 radical (unpaired) electrons. The van der Waals surface area contributed by atoms with Crippen LogP contribution in [0, 0.1) is 0 Å². The lowest BCUT2D eigenvalue weighted by molar-refractivity contribution is 0.0339. The third-order valence-electron chi connectivity index (χ3n) is 3.15. The van der Waals surface area contributed by atoms with Gasteiger partial charge in [-0.3, -0.25) is 0 Å². The molecule has 0 fully saturated rings. The Morgan fingerprint density at radius 2 is 1.76 bits per heavy atom. The fraction of sp³-hybridized carbons (Fsp3) is 0.176. The maximum absolute atomic E-state index is 11.8. The molecule has 3 rings (SSSR count). The van der Waals surface area contributed by atoms with Gasteiger partial charge in [0.1, 0.15) is 6.61 Å². The van der Waals surface area contributed by atoms with E-state index in [4.69, 9.17) is 9.47 Å². The first-order chi connectivity index (χ1) is 10.3. The average Bonchev–Trinajstić information content (AvgIpc) is 3.03. The second-order valence-electron chi connectivity index (χ2n) is 4.72. The van der Waals surface area contributed by atoms with Crippen molar-refractivity contribution in [3.63, 3.8) is 0 Å². The van der Waals surface area contributed by atoms with E-state index in [1.165, 1.54) is 0 Å². The maximum Gasteiger partial charge on any atom is 0.338 e. The molecule has 0 N–H and O–H groups in total. The third-order valence-corrected chi connectivity index (χ3v) is 3.15. The van der Waals surface area contributed by atoms with Crippen molar-refractivity contribution in [1.82, 2.24) is 0 Å². The number of carbonyl (C=O) groups excluding carboxylic acids is 1. The van der Waals surface area contributed by atoms with Crippen LogP contribution in [0.2, 0.25) is 0 Å². The molecule has 0 saturated heterocycles. The first-order valence-corrected chi connectivity index (χ1v) is 6.81. The van der Waals surface area contributed by atoms with Gasteiger partial charge in [0.05, 0.1) is 12.1 Å². The van der Waals surface area contributed by atoms with Crippen LogP contribution in [-0.2, 0) is 9.47 Å². The minimum atomic E-state index is -0.340. The Hall–Kier alpha value is -2.62. The SMILES string of the molecule is O=C(OCC1CN=C(c2ccccc2)O1)c1ccccc1. The lowest BCUT2D eigenvalue weighted by atomic mass is 10.2. The molecule has 4 heteroatoms. The minimum absolute atomic E-state index is 0.202. The molecule has 1 aliphatic rings. The highest BCUT2D eigenvalue weighted by atomic mass is 16.6. The van der Waals surface area contributed by atoms with E-state index in [0.717, 1.165) is 5.56 Å². The van der Waals surface area contributed by atoms with E-state index in [0.29, 0.717) is 18.0 Å². The number of ether oxygens (including phenoxy) is 2. The van der Waals surface area contributed by atoms with Crippen LogP contribution < -0.4 is 0 Å². The minimum Gasteiger partial charge on any atom is -0.469 e. The average molecular weight is 281 g/mol. The highest BCUT2D eigenvalue weighted by Crippen LogP contribution is 2.13. The Morgan fingerprint density at radius 1 is 1.10 bits per heavy atom. The van der Waals surface area contributed by atoms with Crippen LogP contribution in [0.5, 0.6) is 0 Å². The standard InChI is InChI=1S/C17H15NO3/c19-17(14-9-5-2-6-10-14)20-12-15-11-18-16(21-15)13-7-3-1-4-8-13/h1-10,15H,11-12H2. The number of benzene rings is 2. The van der Waals surface area contributed by atoms with Crippen molar-refractivity contribution < 1.29 is 14.3 Å². The number of aliphatic imine (C=N–C) groups is 1. The Kier molecular flexibility index (Phi) is 3.96. The number of nitrogens with zero attached hydrogens (tertiary/aromatic N) is 1. The molecule has 0 amide bonds. The van der Waals surface area contributed by atoms with Crippen LogP contribution in [0.4, 0.5) is 0 Å². The van der Waals surface area contributed by atoms with Gasteiger partial charge in [-0.25, -0.2) is 9.79 Å². The summed E-state index contributed by atoms with van der Waals surface area (Å²) in [6.07, 6.45) is -0.215. The molecule has 0 aliphatic carbocycles. The van der Waals surface area contributed by atoms with Crippen molar-refractivity contribution in [2.75, 3.05) is 13.2 Å². The van der Waals surface area contributed by atoms with Crippen LogP contribution in [0.3, 0.4) is 0 Å². The summed E-state index contributed by atoms with van der Waals surface area (Å²) in [4.78, 5) is 16.2. The molecule has 4 nitrogen and oxygen atoms in total. The molecule has 2 aromatic rings. The van der Waals surface area contributed by atoms with Gasteiger partial charge in [-0.05, 0) is 24.3 Å². The molecule has 0 spiro atoms. The van der Waals surface area contributed by atoms with E-state index >= 15 is 0 Å². The number of esters is 1. The van der Waals surface area contributed by atoms with E-state index < -0.39 is 0 Å². The summed E-state index contributed by atoms with van der Waals surface area (Å²) in [6.45, 7) is 0.708. The largest absolute Gasteiger partial charge is 0.469 e. The monoisotopic (exact) mass is 281 g/mol. The molecular formula is C17H15NO3. The summed E-state index contributed by atoms with van der Waals surface area (Å²) >= 11 is 0. The number of rotatable bonds is 4. The van der Waals surface area contributed by atoms with Gasteiger partial charge in [0.15, 0.2) is 6.10 Å². The number of hydrogen-bond donors (Lipinski definition) is 0. The number of hydrogen-bond acceptors (Lipinski definition) is 4. The van der Waals surface area contributed by atoms with Crippen molar-refractivity contribution in [2.24, 2.45) is 4.99 Å². The van der Waals surface area contributed by atoms with E-state index in [1.807, 2.05) is 36.4 Å². The van der Waals surface area contributed by atoms with Crippen LogP contribution in [0.15, 0.2) is 65.7 Å². The fourth-order valence-corrected chi connectivity index (χ4v) is 2.07. The molecule has 0 aromatic heterocycles. The second kappa shape index (κ2) is 6.22. The molecule has 0 saturated carbocycles. The summed E-state index contributed by atoms with van der Waals surface area (Å²) < 4.78 is 11.0. The quantitative estimate of drug-likeness (QED) is 0.810. The fourth-order valence-electron chi connectivity index (χ4n) is 2.07. The molecule has 1 aliphatic heterocycles. The van der Waals surface area contributed by atoms with Gasteiger partial charge in [0, 0.05) is 5.56 Å². The smallest absolute Gasteiger partial charge is 0.338 e. The lowest BCUT2D eigenvalue weighted by Gasteiger charge is -2.12. The topological polar surface area (TPSA) is 47.9 Å². The summed E-state index contributed by atoms with van der Waals surface area (Å²) in [5.41, 5.74) is 1.48. The van der Waals surface area contributed by atoms with Gasteiger partial charge in [0.25, 0.3) is 0 Å². The maximum atomic E-state index is 11.8. The molecular weight excluding hydrogens is 266 g/mol. The van der Waals surface area contributed by atoms with Crippen LogP contribution in [-0.4, -0.2) is 31.1 Å². The Labute approximate surface area is 123 Å². The summed E-state index contributed by atoms with van der Waals surface area (Å²) in [7, 11) is 0. The van der Waals surface area contributed by atoms with Crippen molar-refractivity contribution in [2.45, 2.75) is 6.10 Å². The Morgan fingerprint density at radius 3 is 2.48 bits per heavy atom. The first kappa shape index (κ1) is 13.4. The van der Waals surface area contributed by atoms with Crippen molar-refractivity contribution in [3.8, 4) is 0 Å². The molecule has 106 valence electrons. The van der Waals surface area contributed by atoms with Crippen molar-refractivity contribution >= 4 is 11.9 Å². The normalized spacial score (nSPS) is 17.0. The summed E-state index contributed by atoms with van der Waals surface area (Å²) in [6, 6.07) is 18.6. The van der Waals surface area contributed by atoms with Gasteiger partial charge in [-0.15, -0.1) is 0 Å². The van der Waals surface area contributed by atoms with Gasteiger partial charge in [-0.2, -0.15) is 0 Å². The molecule has 1 heterocycles. The highest BCUT2D eigenvalue weighted by molar-refractivity contribution is 5.95. The Bertz CT molecular complexity index is 638. The highest BCUT2D eigenvalue weighted by Gasteiger charge is 2.22. The molecule has 1 unspecified atom stereocenters. The van der Waals surface area contributed by atoms with Gasteiger partial charge in [-0.1, -0.05) is 36.4 Å². The van der Waals surface area contributed by atoms with Crippen molar-refractivity contribution in [3.05, 3.63) is 71.8 Å². The molecule has 0 bridgehead atoms. The number of carbonyl (C=O) groups is 1. The molecule has 21 heavy (non-hydrogen) atoms. The predicted octanol–water partition coefficient (Wildman–Crippen LogP) is 2.69.